The SMILES string of the molecule is CS(=O)(=O)NS(=O)(=O)C12CC3CC(CC(OCC4CO4)(C3)C1)C2. The van der Waals surface area contributed by atoms with Gasteiger partial charge in [0.05, 0.1) is 29.8 Å². The van der Waals surface area contributed by atoms with Crippen LogP contribution in [0.1, 0.15) is 38.5 Å². The summed E-state index contributed by atoms with van der Waals surface area (Å²) < 4.78 is 60.9. The minimum atomic E-state index is -3.95. The standard InChI is InChI=1S/C14H23NO6S2/c1-22(16,17)15-23(18,19)14-5-10-2-11(6-14)4-13(3-10,9-14)21-8-12-7-20-12/h10-12,15H,2-9H2,1H3. The first-order valence-electron chi connectivity index (χ1n) is 8.09. The van der Waals surface area contributed by atoms with Crippen molar-refractivity contribution in [1.82, 2.24) is 4.13 Å². The molecule has 7 nitrogen and oxygen atoms in total. The van der Waals surface area contributed by atoms with Crippen molar-refractivity contribution in [3.05, 3.63) is 0 Å². The minimum Gasteiger partial charge on any atom is -0.372 e. The van der Waals surface area contributed by atoms with Gasteiger partial charge in [0.2, 0.25) is 20.0 Å². The lowest BCUT2D eigenvalue weighted by atomic mass is 9.53. The Morgan fingerprint density at radius 2 is 1.74 bits per heavy atom. The van der Waals surface area contributed by atoms with E-state index in [1.807, 2.05) is 4.13 Å². The molecule has 0 aromatic heterocycles. The van der Waals surface area contributed by atoms with Crippen LogP contribution in [0.2, 0.25) is 0 Å². The molecular weight excluding hydrogens is 342 g/mol. The summed E-state index contributed by atoms with van der Waals surface area (Å²) in [4.78, 5) is 0. The van der Waals surface area contributed by atoms with Gasteiger partial charge in [-0.05, 0) is 50.4 Å². The van der Waals surface area contributed by atoms with Crippen LogP contribution in [-0.4, -0.2) is 52.8 Å². The summed E-state index contributed by atoms with van der Waals surface area (Å²) in [6.07, 6.45) is 5.30. The van der Waals surface area contributed by atoms with Crippen molar-refractivity contribution in [3.63, 3.8) is 0 Å². The highest BCUT2D eigenvalue weighted by molar-refractivity contribution is 8.05. The average Bonchev–Trinajstić information content (AvgIpc) is 3.15. The summed E-state index contributed by atoms with van der Waals surface area (Å²) in [7, 11) is -7.76. The van der Waals surface area contributed by atoms with E-state index in [1.165, 1.54) is 0 Å². The van der Waals surface area contributed by atoms with E-state index < -0.39 is 30.4 Å². The van der Waals surface area contributed by atoms with Crippen molar-refractivity contribution in [2.45, 2.75) is 55.0 Å². The molecule has 4 aliphatic carbocycles. The fraction of sp³-hybridized carbons (Fsp3) is 1.00. The molecule has 0 radical (unpaired) electrons. The average molecular weight is 365 g/mol. The van der Waals surface area contributed by atoms with Gasteiger partial charge in [0.15, 0.2) is 0 Å². The molecule has 4 saturated carbocycles. The molecule has 23 heavy (non-hydrogen) atoms. The van der Waals surface area contributed by atoms with Crippen LogP contribution >= 0.6 is 0 Å². The van der Waals surface area contributed by atoms with Gasteiger partial charge in [0.25, 0.3) is 0 Å². The summed E-state index contributed by atoms with van der Waals surface area (Å²) in [5, 5.41) is 0. The van der Waals surface area contributed by atoms with E-state index in [4.69, 9.17) is 9.47 Å². The Hall–Kier alpha value is -0.220. The highest BCUT2D eigenvalue weighted by Crippen LogP contribution is 2.61. The van der Waals surface area contributed by atoms with Gasteiger partial charge in [-0.2, -0.15) is 0 Å². The van der Waals surface area contributed by atoms with Gasteiger partial charge in [0, 0.05) is 0 Å². The van der Waals surface area contributed by atoms with Crippen LogP contribution in [0.25, 0.3) is 0 Å². The lowest BCUT2D eigenvalue weighted by Gasteiger charge is -2.60. The lowest BCUT2D eigenvalue weighted by molar-refractivity contribution is -0.157. The zero-order valence-electron chi connectivity index (χ0n) is 13.2. The van der Waals surface area contributed by atoms with Gasteiger partial charge in [-0.1, -0.05) is 0 Å². The molecule has 1 aliphatic heterocycles. The van der Waals surface area contributed by atoms with Gasteiger partial charge >= 0.3 is 0 Å². The third kappa shape index (κ3) is 2.95. The Bertz CT molecular complexity index is 698. The molecule has 132 valence electrons. The number of hydrogen-bond acceptors (Lipinski definition) is 6. The maximum absolute atomic E-state index is 12.8. The molecule has 1 N–H and O–H groups in total. The van der Waals surface area contributed by atoms with Gasteiger partial charge in [-0.3, -0.25) is 0 Å². The summed E-state index contributed by atoms with van der Waals surface area (Å²) >= 11 is 0. The molecule has 3 unspecified atom stereocenters. The number of ether oxygens (including phenoxy) is 2. The molecule has 1 saturated heterocycles. The van der Waals surface area contributed by atoms with E-state index in [1.54, 1.807) is 0 Å². The maximum atomic E-state index is 12.8. The first-order chi connectivity index (χ1) is 10.6. The number of sulfonamides is 2. The summed E-state index contributed by atoms with van der Waals surface area (Å²) in [6.45, 7) is 1.22. The normalized spacial score (nSPS) is 45.3. The van der Waals surface area contributed by atoms with E-state index in [2.05, 4.69) is 0 Å². The van der Waals surface area contributed by atoms with Crippen LogP contribution in [0.5, 0.6) is 0 Å². The molecule has 0 spiro atoms. The Kier molecular flexibility index (Phi) is 3.47. The number of rotatable bonds is 6. The second kappa shape index (κ2) is 4.91. The maximum Gasteiger partial charge on any atom is 0.230 e. The van der Waals surface area contributed by atoms with E-state index in [9.17, 15) is 16.8 Å². The van der Waals surface area contributed by atoms with Crippen LogP contribution in [0.3, 0.4) is 0 Å². The summed E-state index contributed by atoms with van der Waals surface area (Å²) in [5.74, 6) is 0.597. The third-order valence-electron chi connectivity index (χ3n) is 5.76. The Morgan fingerprint density at radius 3 is 2.26 bits per heavy atom. The smallest absolute Gasteiger partial charge is 0.230 e. The van der Waals surface area contributed by atoms with Gasteiger partial charge < -0.3 is 9.47 Å². The zero-order chi connectivity index (χ0) is 16.5. The predicted octanol–water partition coefficient (Wildman–Crippen LogP) is 0.372. The predicted molar refractivity (Wildman–Crippen MR) is 82.7 cm³/mol. The van der Waals surface area contributed by atoms with Gasteiger partial charge in [-0.15, -0.1) is 4.13 Å². The Morgan fingerprint density at radius 1 is 1.13 bits per heavy atom. The van der Waals surface area contributed by atoms with Crippen molar-refractivity contribution in [2.75, 3.05) is 19.5 Å². The molecule has 5 rings (SSSR count). The summed E-state index contributed by atoms with van der Waals surface area (Å²) in [5.41, 5.74) is -0.428. The van der Waals surface area contributed by atoms with Crippen molar-refractivity contribution in [2.24, 2.45) is 11.8 Å². The summed E-state index contributed by atoms with van der Waals surface area (Å²) in [6, 6.07) is 0. The van der Waals surface area contributed by atoms with Crippen molar-refractivity contribution < 1.29 is 26.3 Å². The van der Waals surface area contributed by atoms with Crippen molar-refractivity contribution >= 4 is 20.0 Å². The molecule has 5 fully saturated rings. The number of hydrogen-bond donors (Lipinski definition) is 1. The highest BCUT2D eigenvalue weighted by Gasteiger charge is 2.64. The molecular formula is C14H23NO6S2. The second-order valence-corrected chi connectivity index (χ2v) is 12.0. The Labute approximate surface area is 137 Å². The highest BCUT2D eigenvalue weighted by atomic mass is 32.3. The molecule has 4 bridgehead atoms. The topological polar surface area (TPSA) is 102 Å². The Balaban J connectivity index is 1.63. The molecule has 9 heteroatoms. The molecule has 5 aliphatic rings. The van der Waals surface area contributed by atoms with Crippen LogP contribution < -0.4 is 4.13 Å². The second-order valence-electron chi connectivity index (χ2n) is 7.95. The van der Waals surface area contributed by atoms with Gasteiger partial charge in [-0.25, -0.2) is 16.8 Å². The minimum absolute atomic E-state index is 0.143. The van der Waals surface area contributed by atoms with E-state index in [0.29, 0.717) is 44.3 Å². The fourth-order valence-electron chi connectivity index (χ4n) is 5.30. The molecule has 1 heterocycles. The molecule has 0 aromatic carbocycles. The largest absolute Gasteiger partial charge is 0.372 e. The van der Waals surface area contributed by atoms with Crippen LogP contribution in [0.4, 0.5) is 0 Å². The first-order valence-corrected chi connectivity index (χ1v) is 11.5. The third-order valence-corrected chi connectivity index (χ3v) is 9.47. The number of nitrogens with one attached hydrogen (secondary N) is 1. The van der Waals surface area contributed by atoms with Crippen LogP contribution in [0.15, 0.2) is 0 Å². The number of epoxide rings is 1. The molecule has 3 atom stereocenters. The van der Waals surface area contributed by atoms with E-state index in [-0.39, 0.29) is 6.10 Å². The molecule has 0 aromatic rings. The fourth-order valence-corrected chi connectivity index (χ4v) is 8.97. The quantitative estimate of drug-likeness (QED) is 0.683. The zero-order valence-corrected chi connectivity index (χ0v) is 14.8. The van der Waals surface area contributed by atoms with Crippen LogP contribution in [-0.2, 0) is 29.5 Å². The van der Waals surface area contributed by atoms with E-state index in [0.717, 1.165) is 25.5 Å². The van der Waals surface area contributed by atoms with Crippen molar-refractivity contribution in [1.29, 1.82) is 0 Å². The lowest BCUT2D eigenvalue weighted by Crippen LogP contribution is -2.65. The van der Waals surface area contributed by atoms with Crippen LogP contribution in [0, 0.1) is 11.8 Å². The van der Waals surface area contributed by atoms with Crippen molar-refractivity contribution in [3.8, 4) is 0 Å². The monoisotopic (exact) mass is 365 g/mol. The molecule has 0 amide bonds. The van der Waals surface area contributed by atoms with Gasteiger partial charge in [0.1, 0.15) is 6.10 Å². The van der Waals surface area contributed by atoms with E-state index >= 15 is 0 Å². The first kappa shape index (κ1) is 16.3.